The number of aromatic nitrogens is 4. The molecular formula is C33H41N6O9P. The van der Waals surface area contributed by atoms with Gasteiger partial charge in [-0.2, -0.15) is 0 Å². The highest BCUT2D eigenvalue weighted by molar-refractivity contribution is 7.60. The van der Waals surface area contributed by atoms with Crippen LogP contribution in [0.3, 0.4) is 0 Å². The van der Waals surface area contributed by atoms with E-state index in [4.69, 9.17) is 18.9 Å². The summed E-state index contributed by atoms with van der Waals surface area (Å²) < 4.78 is 37.9. The van der Waals surface area contributed by atoms with Crippen LogP contribution in [0.1, 0.15) is 25.0 Å². The Balaban J connectivity index is 1.62. The summed E-state index contributed by atoms with van der Waals surface area (Å²) in [5.74, 6) is -2.00. The van der Waals surface area contributed by atoms with Crippen molar-refractivity contribution in [3.63, 3.8) is 0 Å². The van der Waals surface area contributed by atoms with E-state index >= 15 is 0 Å². The number of esters is 3. The van der Waals surface area contributed by atoms with Crippen LogP contribution in [0.15, 0.2) is 78.1 Å². The van der Waals surface area contributed by atoms with E-state index in [1.54, 1.807) is 13.8 Å². The number of nitrogens with one attached hydrogen (secondary N) is 3. The number of aromatic amines is 1. The molecule has 3 N–H and O–H groups in total. The molecule has 0 aliphatic carbocycles. The summed E-state index contributed by atoms with van der Waals surface area (Å²) in [6.45, 7) is 3.13. The lowest BCUT2D eigenvalue weighted by molar-refractivity contribution is -0.154. The molecule has 0 radical (unpaired) electrons. The summed E-state index contributed by atoms with van der Waals surface area (Å²) in [6, 6.07) is 16.1. The summed E-state index contributed by atoms with van der Waals surface area (Å²) in [4.78, 5) is 62.0. The summed E-state index contributed by atoms with van der Waals surface area (Å²) >= 11 is 0. The maximum Gasteiger partial charge on any atom is 0.336 e. The third-order valence-electron chi connectivity index (χ3n) is 7.40. The van der Waals surface area contributed by atoms with E-state index in [1.807, 2.05) is 60.7 Å². The van der Waals surface area contributed by atoms with Gasteiger partial charge in [-0.25, -0.2) is 24.9 Å². The summed E-state index contributed by atoms with van der Waals surface area (Å²) in [6.07, 6.45) is 1.36. The van der Waals surface area contributed by atoms with Gasteiger partial charge in [0.15, 0.2) is 17.3 Å². The fourth-order valence-electron chi connectivity index (χ4n) is 5.07. The van der Waals surface area contributed by atoms with E-state index in [-0.39, 0.29) is 56.5 Å². The Labute approximate surface area is 283 Å². The highest BCUT2D eigenvalue weighted by Gasteiger charge is 2.36. The molecule has 2 aromatic carbocycles. The van der Waals surface area contributed by atoms with Gasteiger partial charge < -0.3 is 28.5 Å². The van der Waals surface area contributed by atoms with Gasteiger partial charge in [-0.3, -0.25) is 18.9 Å². The second-order valence-electron chi connectivity index (χ2n) is 10.9. The number of carbonyl (C=O) groups is 3. The van der Waals surface area contributed by atoms with Crippen LogP contribution < -0.4 is 15.7 Å². The van der Waals surface area contributed by atoms with E-state index in [2.05, 4.69) is 25.1 Å². The van der Waals surface area contributed by atoms with E-state index in [0.29, 0.717) is 0 Å². The maximum absolute atomic E-state index is 14.9. The first-order chi connectivity index (χ1) is 23.7. The largest absolute Gasteiger partial charge is 0.467 e. The molecule has 4 aromatic rings. The molecule has 4 rings (SSSR count). The van der Waals surface area contributed by atoms with Crippen LogP contribution in [-0.4, -0.2) is 88.7 Å². The topological polar surface area (TPSA) is 193 Å². The van der Waals surface area contributed by atoms with Crippen LogP contribution in [0.25, 0.3) is 11.2 Å². The Morgan fingerprint density at radius 2 is 1.41 bits per heavy atom. The van der Waals surface area contributed by atoms with Gasteiger partial charge in [-0.05, 0) is 37.8 Å². The molecule has 16 heteroatoms. The minimum absolute atomic E-state index is 0.0795. The molecule has 2 heterocycles. The number of benzene rings is 2. The molecule has 0 amide bonds. The zero-order valence-corrected chi connectivity index (χ0v) is 28.5. The first-order valence-electron chi connectivity index (χ1n) is 15.8. The quantitative estimate of drug-likeness (QED) is 0.0736. The van der Waals surface area contributed by atoms with Crippen molar-refractivity contribution in [3.8, 4) is 0 Å². The van der Waals surface area contributed by atoms with Gasteiger partial charge in [0.25, 0.3) is 5.56 Å². The predicted octanol–water partition coefficient (Wildman–Crippen LogP) is 2.40. The minimum Gasteiger partial charge on any atom is -0.467 e. The summed E-state index contributed by atoms with van der Waals surface area (Å²) in [5.41, 5.74) is 1.43. The lowest BCUT2D eigenvalue weighted by Crippen LogP contribution is -2.47. The second-order valence-corrected chi connectivity index (χ2v) is 13.3. The average molecular weight is 697 g/mol. The Bertz CT molecular complexity index is 1710. The van der Waals surface area contributed by atoms with Crippen LogP contribution >= 0.6 is 7.44 Å². The van der Waals surface area contributed by atoms with E-state index in [9.17, 15) is 23.7 Å². The van der Waals surface area contributed by atoms with Gasteiger partial charge in [0.2, 0.25) is 7.44 Å². The van der Waals surface area contributed by atoms with Crippen LogP contribution in [0, 0.1) is 0 Å². The highest BCUT2D eigenvalue weighted by atomic mass is 31.2. The van der Waals surface area contributed by atoms with Crippen molar-refractivity contribution in [1.82, 2.24) is 29.7 Å². The number of H-pyrrole nitrogens is 1. The number of hydrogen-bond donors (Lipinski definition) is 3. The van der Waals surface area contributed by atoms with Crippen molar-refractivity contribution in [3.05, 3.63) is 94.8 Å². The van der Waals surface area contributed by atoms with Gasteiger partial charge in [-0.1, -0.05) is 60.7 Å². The molecule has 0 unspecified atom stereocenters. The minimum atomic E-state index is -3.93. The standard InChI is InChI=1S/C33H41N6O9P/c1-4-46-31(41)25(18-23-12-8-6-9-13-23)37-49(44,38-26(32(42)47-5-2)19-24-14-10-7-11-15-24)17-16-48-27(33(43)45-3)20-39-22-36-28-29(39)34-21-35-30(28)40/h6-15,21-22,25-27H,4-5,16-20H2,1-3H3,(H,34,35,40)(H2,37,38,44)/t25-,26-,27-/m0/s1. The number of imidazole rings is 1. The van der Waals surface area contributed by atoms with Crippen molar-refractivity contribution in [2.75, 3.05) is 33.1 Å². The van der Waals surface area contributed by atoms with Crippen molar-refractivity contribution in [2.24, 2.45) is 0 Å². The number of carbonyl (C=O) groups excluding carboxylic acids is 3. The normalized spacial score (nSPS) is 13.4. The number of methoxy groups -OCH3 is 1. The molecule has 0 aliphatic rings. The van der Waals surface area contributed by atoms with Crippen LogP contribution in [0.2, 0.25) is 0 Å². The van der Waals surface area contributed by atoms with Crippen molar-refractivity contribution in [1.29, 1.82) is 0 Å². The molecule has 0 bridgehead atoms. The first kappa shape index (κ1) is 37.1. The number of nitrogens with zero attached hydrogens (tertiary/aromatic N) is 3. The molecule has 0 saturated carbocycles. The summed E-state index contributed by atoms with van der Waals surface area (Å²) in [7, 11) is -2.73. The van der Waals surface area contributed by atoms with Gasteiger partial charge in [0.1, 0.15) is 12.1 Å². The van der Waals surface area contributed by atoms with Gasteiger partial charge in [0.05, 0.1) is 52.3 Å². The number of fused-ring (bicyclic) bond motifs is 1. The maximum atomic E-state index is 14.9. The van der Waals surface area contributed by atoms with Crippen LogP contribution in [0.5, 0.6) is 0 Å². The fourth-order valence-corrected chi connectivity index (χ4v) is 7.17. The monoisotopic (exact) mass is 696 g/mol. The van der Waals surface area contributed by atoms with E-state index in [0.717, 1.165) is 11.1 Å². The van der Waals surface area contributed by atoms with Crippen molar-refractivity contribution in [2.45, 2.75) is 51.4 Å². The molecule has 15 nitrogen and oxygen atoms in total. The predicted molar refractivity (Wildman–Crippen MR) is 180 cm³/mol. The van der Waals surface area contributed by atoms with Crippen molar-refractivity contribution < 1.29 is 37.9 Å². The Hall–Kier alpha value is -4.69. The molecule has 49 heavy (non-hydrogen) atoms. The molecule has 2 aromatic heterocycles. The lowest BCUT2D eigenvalue weighted by Gasteiger charge is -2.29. The van der Waals surface area contributed by atoms with Gasteiger partial charge in [0, 0.05) is 0 Å². The van der Waals surface area contributed by atoms with E-state index < -0.39 is 49.1 Å². The van der Waals surface area contributed by atoms with E-state index in [1.165, 1.54) is 24.3 Å². The zero-order chi connectivity index (χ0) is 35.2. The fraction of sp³-hybridized carbons (Fsp3) is 0.394. The van der Waals surface area contributed by atoms with Crippen molar-refractivity contribution >= 4 is 36.5 Å². The Kier molecular flexibility index (Phi) is 13.8. The average Bonchev–Trinajstić information content (AvgIpc) is 3.52. The smallest absolute Gasteiger partial charge is 0.336 e. The molecule has 0 aliphatic heterocycles. The molecule has 3 atom stereocenters. The number of hydrogen-bond acceptors (Lipinski definition) is 11. The summed E-state index contributed by atoms with van der Waals surface area (Å²) in [5, 5.41) is 5.94. The molecule has 262 valence electrons. The third-order valence-corrected chi connectivity index (χ3v) is 9.67. The van der Waals surface area contributed by atoms with Crippen LogP contribution in [0.4, 0.5) is 0 Å². The number of ether oxygens (including phenoxy) is 4. The zero-order valence-electron chi connectivity index (χ0n) is 27.6. The molecule has 0 fully saturated rings. The Morgan fingerprint density at radius 1 is 0.857 bits per heavy atom. The molecular weight excluding hydrogens is 655 g/mol. The second kappa shape index (κ2) is 18.2. The first-order valence-corrected chi connectivity index (χ1v) is 17.7. The van der Waals surface area contributed by atoms with Gasteiger partial charge >= 0.3 is 17.9 Å². The highest BCUT2D eigenvalue weighted by Crippen LogP contribution is 2.38. The SMILES string of the molecule is CCOC(=O)[C@H](Cc1ccccc1)NP(=O)(CCO[C@@H](Cn1cnc2c(=O)[nH]cnc21)C(=O)OC)N[C@@H](Cc1ccccc1)C(=O)OCC. The van der Waals surface area contributed by atoms with Crippen LogP contribution in [-0.2, 0) is 57.3 Å². The number of rotatable bonds is 19. The third kappa shape index (κ3) is 10.6. The molecule has 0 saturated heterocycles. The lowest BCUT2D eigenvalue weighted by atomic mass is 10.1. The molecule has 0 spiro atoms. The van der Waals surface area contributed by atoms with Gasteiger partial charge in [-0.15, -0.1) is 0 Å². The Morgan fingerprint density at radius 3 is 1.92 bits per heavy atom.